The number of hydrogen-bond donors (Lipinski definition) is 1. The average Bonchev–Trinajstić information content (AvgIpc) is 2.60. The number of carbonyl (C=O) groups excluding carboxylic acids is 1. The summed E-state index contributed by atoms with van der Waals surface area (Å²) in [6.07, 6.45) is 0.580. The molecule has 1 aliphatic heterocycles. The van der Waals surface area contributed by atoms with E-state index in [1.165, 1.54) is 0 Å². The second-order valence-electron chi connectivity index (χ2n) is 4.21. The molecule has 1 amide bonds. The van der Waals surface area contributed by atoms with Gasteiger partial charge in [0.1, 0.15) is 0 Å². The molecule has 1 unspecified atom stereocenters. The van der Waals surface area contributed by atoms with E-state index in [0.717, 1.165) is 12.1 Å². The molecule has 0 saturated carbocycles. The van der Waals surface area contributed by atoms with Crippen LogP contribution < -0.4 is 5.73 Å². The molecule has 0 aromatic heterocycles. The maximum atomic E-state index is 11.7. The Morgan fingerprint density at radius 2 is 2.24 bits per heavy atom. The van der Waals surface area contributed by atoms with Crippen LogP contribution in [-0.2, 0) is 11.3 Å². The largest absolute Gasteiger partial charge is 0.338 e. The smallest absolute Gasteiger partial charge is 0.223 e. The van der Waals surface area contributed by atoms with E-state index in [0.29, 0.717) is 30.5 Å². The fourth-order valence-electron chi connectivity index (χ4n) is 2.02. The highest BCUT2D eigenvalue weighted by Gasteiger charge is 2.28. The van der Waals surface area contributed by atoms with Gasteiger partial charge in [0.15, 0.2) is 0 Å². The third-order valence-electron chi connectivity index (χ3n) is 2.89. The van der Waals surface area contributed by atoms with Crippen LogP contribution in [0.15, 0.2) is 24.3 Å². The van der Waals surface area contributed by atoms with E-state index in [2.05, 4.69) is 0 Å². The zero-order chi connectivity index (χ0) is 11.5. The summed E-state index contributed by atoms with van der Waals surface area (Å²) >= 11 is 5.90. The van der Waals surface area contributed by atoms with Crippen molar-refractivity contribution in [1.29, 1.82) is 0 Å². The summed E-state index contributed by atoms with van der Waals surface area (Å²) in [6.45, 7) is 1.98. The molecule has 2 rings (SSSR count). The van der Waals surface area contributed by atoms with E-state index >= 15 is 0 Å². The van der Waals surface area contributed by atoms with Crippen LogP contribution in [0, 0.1) is 5.92 Å². The van der Waals surface area contributed by atoms with Crippen molar-refractivity contribution in [3.05, 3.63) is 34.9 Å². The molecule has 1 fully saturated rings. The second kappa shape index (κ2) is 6.24. The third-order valence-corrected chi connectivity index (χ3v) is 3.13. The molecule has 1 aromatic carbocycles. The molecule has 5 heteroatoms. The molecule has 17 heavy (non-hydrogen) atoms. The molecule has 1 aromatic rings. The first kappa shape index (κ1) is 14.3. The number of nitrogens with two attached hydrogens (primary N) is 1. The van der Waals surface area contributed by atoms with Crippen LogP contribution >= 0.6 is 24.0 Å². The molecule has 94 valence electrons. The minimum absolute atomic E-state index is 0. The van der Waals surface area contributed by atoms with Gasteiger partial charge in [-0.1, -0.05) is 23.7 Å². The van der Waals surface area contributed by atoms with Gasteiger partial charge >= 0.3 is 0 Å². The number of halogens is 2. The van der Waals surface area contributed by atoms with Gasteiger partial charge in [0.2, 0.25) is 5.91 Å². The Hall–Kier alpha value is -0.770. The van der Waals surface area contributed by atoms with Crippen LogP contribution in [0.5, 0.6) is 0 Å². The predicted molar refractivity (Wildman–Crippen MR) is 71.3 cm³/mol. The van der Waals surface area contributed by atoms with Crippen molar-refractivity contribution in [2.45, 2.75) is 13.0 Å². The normalized spacial score (nSPS) is 19.3. The van der Waals surface area contributed by atoms with Gasteiger partial charge in [-0.05, 0) is 30.2 Å². The Morgan fingerprint density at radius 3 is 2.82 bits per heavy atom. The van der Waals surface area contributed by atoms with Crippen LogP contribution in [0.4, 0.5) is 0 Å². The minimum Gasteiger partial charge on any atom is -0.338 e. The first-order chi connectivity index (χ1) is 7.69. The number of nitrogens with zero attached hydrogens (tertiary/aromatic N) is 1. The first-order valence-electron chi connectivity index (χ1n) is 5.41. The van der Waals surface area contributed by atoms with Crippen LogP contribution in [0.2, 0.25) is 5.02 Å². The molecule has 0 bridgehead atoms. The van der Waals surface area contributed by atoms with Crippen LogP contribution in [0.25, 0.3) is 0 Å². The summed E-state index contributed by atoms with van der Waals surface area (Å²) in [5.74, 6) is 0.502. The molecule has 1 atom stereocenters. The number of rotatable bonds is 3. The fourth-order valence-corrected chi connectivity index (χ4v) is 2.23. The van der Waals surface area contributed by atoms with Crippen molar-refractivity contribution < 1.29 is 4.79 Å². The first-order valence-corrected chi connectivity index (χ1v) is 5.79. The van der Waals surface area contributed by atoms with Gasteiger partial charge < -0.3 is 10.6 Å². The fraction of sp³-hybridized carbons (Fsp3) is 0.417. The highest BCUT2D eigenvalue weighted by atomic mass is 35.5. The summed E-state index contributed by atoms with van der Waals surface area (Å²) in [5.41, 5.74) is 6.64. The van der Waals surface area contributed by atoms with E-state index in [9.17, 15) is 4.79 Å². The Kier molecular flexibility index (Phi) is 5.25. The molecule has 0 aliphatic carbocycles. The van der Waals surface area contributed by atoms with Gasteiger partial charge in [-0.3, -0.25) is 4.79 Å². The van der Waals surface area contributed by atoms with Gasteiger partial charge in [0, 0.05) is 24.5 Å². The standard InChI is InChI=1S/C12H15ClN2O.ClH/c13-11-3-1-2-9(4-11)7-15-8-10(6-14)5-12(15)16;/h1-4,10H,5-8,14H2;1H. The van der Waals surface area contributed by atoms with Crippen LogP contribution in [0.1, 0.15) is 12.0 Å². The molecule has 0 spiro atoms. The van der Waals surface area contributed by atoms with Crippen molar-refractivity contribution in [2.24, 2.45) is 11.7 Å². The lowest BCUT2D eigenvalue weighted by Gasteiger charge is -2.16. The van der Waals surface area contributed by atoms with Crippen molar-refractivity contribution in [2.75, 3.05) is 13.1 Å². The molecular weight excluding hydrogens is 259 g/mol. The monoisotopic (exact) mass is 274 g/mol. The maximum Gasteiger partial charge on any atom is 0.223 e. The van der Waals surface area contributed by atoms with Crippen LogP contribution in [0.3, 0.4) is 0 Å². The van der Waals surface area contributed by atoms with Crippen molar-refractivity contribution in [1.82, 2.24) is 4.90 Å². The SMILES string of the molecule is Cl.NCC1CC(=O)N(Cc2cccc(Cl)c2)C1. The molecular formula is C12H16Cl2N2O. The zero-order valence-corrected chi connectivity index (χ0v) is 11.0. The van der Waals surface area contributed by atoms with Crippen molar-refractivity contribution in [3.63, 3.8) is 0 Å². The second-order valence-corrected chi connectivity index (χ2v) is 4.65. The average molecular weight is 275 g/mol. The van der Waals surface area contributed by atoms with E-state index in [4.69, 9.17) is 17.3 Å². The minimum atomic E-state index is 0. The lowest BCUT2D eigenvalue weighted by molar-refractivity contribution is -0.128. The summed E-state index contributed by atoms with van der Waals surface area (Å²) < 4.78 is 0. The summed E-state index contributed by atoms with van der Waals surface area (Å²) in [7, 11) is 0. The quantitative estimate of drug-likeness (QED) is 0.917. The number of amides is 1. The van der Waals surface area contributed by atoms with E-state index in [1.807, 2.05) is 29.2 Å². The molecule has 1 aliphatic rings. The highest BCUT2D eigenvalue weighted by Crippen LogP contribution is 2.20. The predicted octanol–water partition coefficient (Wildman–Crippen LogP) is 2.07. The number of benzene rings is 1. The van der Waals surface area contributed by atoms with Crippen molar-refractivity contribution >= 4 is 29.9 Å². The summed E-state index contributed by atoms with van der Waals surface area (Å²) in [4.78, 5) is 13.5. The Balaban J connectivity index is 0.00000144. The molecule has 0 radical (unpaired) electrons. The number of hydrogen-bond acceptors (Lipinski definition) is 2. The zero-order valence-electron chi connectivity index (χ0n) is 9.43. The lowest BCUT2D eigenvalue weighted by Crippen LogP contribution is -2.25. The topological polar surface area (TPSA) is 46.3 Å². The number of likely N-dealkylation sites (tertiary alicyclic amines) is 1. The van der Waals surface area contributed by atoms with E-state index < -0.39 is 0 Å². The highest BCUT2D eigenvalue weighted by molar-refractivity contribution is 6.30. The summed E-state index contributed by atoms with van der Waals surface area (Å²) in [5, 5.41) is 0.708. The van der Waals surface area contributed by atoms with Gasteiger partial charge in [-0.15, -0.1) is 12.4 Å². The van der Waals surface area contributed by atoms with Crippen molar-refractivity contribution in [3.8, 4) is 0 Å². The van der Waals surface area contributed by atoms with Gasteiger partial charge in [-0.2, -0.15) is 0 Å². The van der Waals surface area contributed by atoms with Crippen LogP contribution in [-0.4, -0.2) is 23.9 Å². The Labute approximate surface area is 112 Å². The van der Waals surface area contributed by atoms with E-state index in [1.54, 1.807) is 0 Å². The molecule has 2 N–H and O–H groups in total. The number of carbonyl (C=O) groups is 1. The van der Waals surface area contributed by atoms with Gasteiger partial charge in [0.05, 0.1) is 0 Å². The third kappa shape index (κ3) is 3.60. The Morgan fingerprint density at radius 1 is 1.47 bits per heavy atom. The lowest BCUT2D eigenvalue weighted by atomic mass is 10.1. The van der Waals surface area contributed by atoms with E-state index in [-0.39, 0.29) is 18.3 Å². The van der Waals surface area contributed by atoms with Gasteiger partial charge in [0.25, 0.3) is 0 Å². The summed E-state index contributed by atoms with van der Waals surface area (Å²) in [6, 6.07) is 7.61. The maximum absolute atomic E-state index is 11.7. The Bertz CT molecular complexity index is 398. The molecule has 3 nitrogen and oxygen atoms in total. The molecule has 1 heterocycles. The van der Waals surface area contributed by atoms with Gasteiger partial charge in [-0.25, -0.2) is 0 Å². The molecule has 1 saturated heterocycles.